The van der Waals surface area contributed by atoms with Crippen molar-refractivity contribution in [3.8, 4) is 0 Å². The molecule has 0 saturated heterocycles. The number of thiophene rings is 1. The first-order chi connectivity index (χ1) is 10.5. The summed E-state index contributed by atoms with van der Waals surface area (Å²) < 4.78 is 26.4. The lowest BCUT2D eigenvalue weighted by Gasteiger charge is -2.14. The molecule has 0 spiro atoms. The van der Waals surface area contributed by atoms with Crippen molar-refractivity contribution in [1.82, 2.24) is 4.72 Å². The first kappa shape index (κ1) is 16.7. The monoisotopic (exact) mass is 339 g/mol. The van der Waals surface area contributed by atoms with Crippen molar-refractivity contribution < 1.29 is 18.3 Å². The maximum Gasteiger partial charge on any atom is 0.322 e. The van der Waals surface area contributed by atoms with Gasteiger partial charge in [0.15, 0.2) is 0 Å². The van der Waals surface area contributed by atoms with Crippen molar-refractivity contribution in [2.45, 2.75) is 18.9 Å². The Hall–Kier alpha value is -1.70. The summed E-state index contributed by atoms with van der Waals surface area (Å²) in [6.07, 6.45) is 0.499. The minimum absolute atomic E-state index is 0.119. The van der Waals surface area contributed by atoms with Gasteiger partial charge in [-0.2, -0.15) is 0 Å². The second-order valence-corrected chi connectivity index (χ2v) is 7.75. The fourth-order valence-corrected chi connectivity index (χ4v) is 4.06. The average molecular weight is 339 g/mol. The van der Waals surface area contributed by atoms with E-state index in [-0.39, 0.29) is 12.2 Å². The standard InChI is InChI=1S/C15H17NO4S2/c17-15(18)14(11-12-5-2-1-3-6-12)16-22(19,20)10-8-13-7-4-9-21-13/h1-7,9,14,16H,8,10-11H2,(H,17,18)/t14-/m1/s1. The Bertz CT molecular complexity index is 696. The third-order valence-electron chi connectivity index (χ3n) is 3.10. The SMILES string of the molecule is O=C(O)[C@@H](Cc1ccccc1)NS(=O)(=O)CCc1cccs1. The number of benzene rings is 1. The third-order valence-corrected chi connectivity index (χ3v) is 5.42. The van der Waals surface area contributed by atoms with Crippen LogP contribution in [0.2, 0.25) is 0 Å². The third kappa shape index (κ3) is 5.25. The van der Waals surface area contributed by atoms with Crippen LogP contribution in [0.25, 0.3) is 0 Å². The molecule has 118 valence electrons. The predicted octanol–water partition coefficient (Wildman–Crippen LogP) is 1.91. The van der Waals surface area contributed by atoms with Crippen LogP contribution in [-0.2, 0) is 27.7 Å². The zero-order valence-corrected chi connectivity index (χ0v) is 13.4. The summed E-state index contributed by atoms with van der Waals surface area (Å²) >= 11 is 1.48. The quantitative estimate of drug-likeness (QED) is 0.769. The van der Waals surface area contributed by atoms with Crippen molar-refractivity contribution >= 4 is 27.3 Å². The first-order valence-corrected chi connectivity index (χ1v) is 9.28. The Balaban J connectivity index is 1.98. The molecule has 1 atom stereocenters. The van der Waals surface area contributed by atoms with Gasteiger partial charge in [-0.25, -0.2) is 13.1 Å². The van der Waals surface area contributed by atoms with Crippen molar-refractivity contribution in [1.29, 1.82) is 0 Å². The molecule has 0 unspecified atom stereocenters. The summed E-state index contributed by atoms with van der Waals surface area (Å²) in [6, 6.07) is 11.5. The van der Waals surface area contributed by atoms with Crippen LogP contribution in [0.1, 0.15) is 10.4 Å². The molecule has 2 N–H and O–H groups in total. The number of carboxylic acid groups (broad SMARTS) is 1. The Morgan fingerprint density at radius 1 is 1.18 bits per heavy atom. The molecule has 0 aliphatic rings. The van der Waals surface area contributed by atoms with E-state index in [1.54, 1.807) is 24.3 Å². The van der Waals surface area contributed by atoms with Crippen LogP contribution in [0.5, 0.6) is 0 Å². The molecule has 0 fully saturated rings. The highest BCUT2D eigenvalue weighted by molar-refractivity contribution is 7.89. The van der Waals surface area contributed by atoms with E-state index in [0.717, 1.165) is 10.4 Å². The number of hydrogen-bond donors (Lipinski definition) is 2. The maximum atomic E-state index is 12.1. The van der Waals surface area contributed by atoms with Crippen LogP contribution in [-0.4, -0.2) is 31.3 Å². The van der Waals surface area contributed by atoms with E-state index in [1.165, 1.54) is 11.3 Å². The van der Waals surface area contributed by atoms with Gasteiger partial charge in [-0.1, -0.05) is 36.4 Å². The zero-order valence-electron chi connectivity index (χ0n) is 11.8. The molecule has 5 nitrogen and oxygen atoms in total. The van der Waals surface area contributed by atoms with Gasteiger partial charge in [0.2, 0.25) is 10.0 Å². The summed E-state index contributed by atoms with van der Waals surface area (Å²) in [5.74, 6) is -1.30. The van der Waals surface area contributed by atoms with Gasteiger partial charge < -0.3 is 5.11 Å². The van der Waals surface area contributed by atoms with E-state index in [4.69, 9.17) is 0 Å². The topological polar surface area (TPSA) is 83.5 Å². The number of sulfonamides is 1. The molecule has 0 radical (unpaired) electrons. The minimum atomic E-state index is -3.65. The number of aliphatic carboxylic acids is 1. The largest absolute Gasteiger partial charge is 0.480 e. The second-order valence-electron chi connectivity index (χ2n) is 4.85. The molecule has 0 aliphatic heterocycles. The van der Waals surface area contributed by atoms with Gasteiger partial charge in [-0.05, 0) is 29.9 Å². The summed E-state index contributed by atoms with van der Waals surface area (Å²) in [6.45, 7) is 0. The van der Waals surface area contributed by atoms with Crippen LogP contribution in [0.3, 0.4) is 0 Å². The van der Waals surface area contributed by atoms with Gasteiger partial charge in [-0.3, -0.25) is 4.79 Å². The van der Waals surface area contributed by atoms with Crippen molar-refractivity contribution in [2.24, 2.45) is 0 Å². The van der Waals surface area contributed by atoms with Crippen molar-refractivity contribution in [3.05, 3.63) is 58.3 Å². The molecule has 22 heavy (non-hydrogen) atoms. The molecule has 1 heterocycles. The van der Waals surface area contributed by atoms with E-state index in [1.807, 2.05) is 23.6 Å². The Morgan fingerprint density at radius 2 is 1.91 bits per heavy atom. The number of aryl methyl sites for hydroxylation is 1. The average Bonchev–Trinajstić information content (AvgIpc) is 2.99. The van der Waals surface area contributed by atoms with Gasteiger partial charge in [0.1, 0.15) is 6.04 Å². The maximum absolute atomic E-state index is 12.1. The van der Waals surface area contributed by atoms with Gasteiger partial charge in [0.05, 0.1) is 5.75 Å². The lowest BCUT2D eigenvalue weighted by molar-refractivity contribution is -0.138. The lowest BCUT2D eigenvalue weighted by atomic mass is 10.1. The van der Waals surface area contributed by atoms with Crippen LogP contribution in [0.4, 0.5) is 0 Å². The summed E-state index contributed by atoms with van der Waals surface area (Å²) in [5.41, 5.74) is 0.774. The molecule has 1 aromatic carbocycles. The highest BCUT2D eigenvalue weighted by Crippen LogP contribution is 2.10. The predicted molar refractivity (Wildman–Crippen MR) is 86.5 cm³/mol. The smallest absolute Gasteiger partial charge is 0.322 e. The second kappa shape index (κ2) is 7.53. The zero-order chi connectivity index (χ0) is 16.0. The number of rotatable bonds is 8. The molecule has 0 bridgehead atoms. The molecule has 1 aromatic heterocycles. The highest BCUT2D eigenvalue weighted by Gasteiger charge is 2.24. The van der Waals surface area contributed by atoms with Crippen molar-refractivity contribution in [2.75, 3.05) is 5.75 Å². The van der Waals surface area contributed by atoms with E-state index in [9.17, 15) is 18.3 Å². The number of hydrogen-bond acceptors (Lipinski definition) is 4. The van der Waals surface area contributed by atoms with Crippen LogP contribution < -0.4 is 4.72 Å². The molecular formula is C15H17NO4S2. The van der Waals surface area contributed by atoms with Crippen LogP contribution in [0.15, 0.2) is 47.8 Å². The van der Waals surface area contributed by atoms with Crippen LogP contribution in [0, 0.1) is 0 Å². The number of carboxylic acids is 1. The van der Waals surface area contributed by atoms with Gasteiger partial charge in [0.25, 0.3) is 0 Å². The summed E-state index contributed by atoms with van der Waals surface area (Å²) in [4.78, 5) is 12.2. The Labute approximate surface area is 133 Å². The van der Waals surface area contributed by atoms with Crippen LogP contribution >= 0.6 is 11.3 Å². The molecule has 2 aromatic rings. The minimum Gasteiger partial charge on any atom is -0.480 e. The molecule has 7 heteroatoms. The van der Waals surface area contributed by atoms with Gasteiger partial charge >= 0.3 is 5.97 Å². The highest BCUT2D eigenvalue weighted by atomic mass is 32.2. The Morgan fingerprint density at radius 3 is 2.50 bits per heavy atom. The van der Waals surface area contributed by atoms with Gasteiger partial charge in [0, 0.05) is 4.88 Å². The number of carbonyl (C=O) groups is 1. The molecule has 0 aliphatic carbocycles. The van der Waals surface area contributed by atoms with E-state index < -0.39 is 22.0 Å². The first-order valence-electron chi connectivity index (χ1n) is 6.75. The number of nitrogens with one attached hydrogen (secondary N) is 1. The molecular weight excluding hydrogens is 322 g/mol. The molecule has 2 rings (SSSR count). The lowest BCUT2D eigenvalue weighted by Crippen LogP contribution is -2.43. The van der Waals surface area contributed by atoms with Crippen molar-refractivity contribution in [3.63, 3.8) is 0 Å². The Kier molecular flexibility index (Phi) is 5.70. The fourth-order valence-electron chi connectivity index (χ4n) is 1.99. The fraction of sp³-hybridized carbons (Fsp3) is 0.267. The summed E-state index contributed by atoms with van der Waals surface area (Å²) in [7, 11) is -3.65. The van der Waals surface area contributed by atoms with E-state index in [2.05, 4.69) is 4.72 Å². The van der Waals surface area contributed by atoms with E-state index in [0.29, 0.717) is 6.42 Å². The molecule has 0 amide bonds. The van der Waals surface area contributed by atoms with Gasteiger partial charge in [-0.15, -0.1) is 11.3 Å². The van der Waals surface area contributed by atoms with E-state index >= 15 is 0 Å². The summed E-state index contributed by atoms with van der Waals surface area (Å²) in [5, 5.41) is 11.1. The molecule has 0 saturated carbocycles. The normalized spacial score (nSPS) is 12.9.